The topological polar surface area (TPSA) is 88.6 Å². The van der Waals surface area contributed by atoms with Gasteiger partial charge in [-0.15, -0.1) is 11.3 Å². The number of para-hydroxylation sites is 1. The molecule has 0 spiro atoms. The molecule has 0 saturated heterocycles. The smallest absolute Gasteiger partial charge is 0.264 e. The summed E-state index contributed by atoms with van der Waals surface area (Å²) in [5.74, 6) is 0.390. The van der Waals surface area contributed by atoms with Crippen LogP contribution in [0.2, 0.25) is 0 Å². The molecule has 3 aromatic carbocycles. The SMILES string of the molecule is COc1ccc(-c2nc(NC(=O)c3ccc(S(=O)(=O)N(C)c4ccccc4)cc3)sc2C)cc1. The van der Waals surface area contributed by atoms with Crippen LogP contribution >= 0.6 is 11.3 Å². The summed E-state index contributed by atoms with van der Waals surface area (Å²) in [5, 5.41) is 3.27. The number of anilines is 2. The number of carbonyl (C=O) groups is 1. The van der Waals surface area contributed by atoms with Gasteiger partial charge in [0.1, 0.15) is 5.75 Å². The monoisotopic (exact) mass is 493 g/mol. The number of methoxy groups -OCH3 is 1. The number of sulfonamides is 1. The molecule has 34 heavy (non-hydrogen) atoms. The first-order valence-electron chi connectivity index (χ1n) is 10.4. The summed E-state index contributed by atoms with van der Waals surface area (Å²) in [6.07, 6.45) is 0. The summed E-state index contributed by atoms with van der Waals surface area (Å²) in [6.45, 7) is 1.94. The van der Waals surface area contributed by atoms with Gasteiger partial charge in [-0.05, 0) is 67.6 Å². The van der Waals surface area contributed by atoms with Crippen molar-refractivity contribution in [3.63, 3.8) is 0 Å². The van der Waals surface area contributed by atoms with Gasteiger partial charge >= 0.3 is 0 Å². The summed E-state index contributed by atoms with van der Waals surface area (Å²) in [6, 6.07) is 22.2. The van der Waals surface area contributed by atoms with Crippen molar-refractivity contribution in [3.8, 4) is 17.0 Å². The standard InChI is InChI=1S/C25H23N3O4S2/c1-17-23(18-9-13-21(32-3)14-10-18)26-25(33-17)27-24(29)19-11-15-22(16-12-19)34(30,31)28(2)20-7-5-4-6-8-20/h4-16H,1-3H3,(H,26,27,29). The zero-order valence-electron chi connectivity index (χ0n) is 18.8. The van der Waals surface area contributed by atoms with Gasteiger partial charge < -0.3 is 4.74 Å². The van der Waals surface area contributed by atoms with E-state index in [-0.39, 0.29) is 10.8 Å². The Morgan fingerprint density at radius 2 is 1.62 bits per heavy atom. The third-order valence-corrected chi connectivity index (χ3v) is 7.96. The Bertz CT molecular complexity index is 1400. The van der Waals surface area contributed by atoms with Crippen LogP contribution < -0.4 is 14.4 Å². The molecule has 0 atom stereocenters. The van der Waals surface area contributed by atoms with Gasteiger partial charge in [-0.25, -0.2) is 13.4 Å². The second-order valence-electron chi connectivity index (χ2n) is 7.44. The van der Waals surface area contributed by atoms with Gasteiger partial charge in [0, 0.05) is 23.1 Å². The molecule has 1 heterocycles. The number of hydrogen-bond acceptors (Lipinski definition) is 6. The lowest BCUT2D eigenvalue weighted by Gasteiger charge is -2.19. The van der Waals surface area contributed by atoms with Crippen molar-refractivity contribution >= 4 is 38.1 Å². The van der Waals surface area contributed by atoms with Gasteiger partial charge in [0.05, 0.1) is 23.4 Å². The minimum Gasteiger partial charge on any atom is -0.497 e. The Morgan fingerprint density at radius 1 is 0.971 bits per heavy atom. The van der Waals surface area contributed by atoms with Gasteiger partial charge in [0.25, 0.3) is 15.9 Å². The first-order chi connectivity index (χ1) is 16.3. The molecule has 9 heteroatoms. The molecule has 0 bridgehead atoms. The third kappa shape index (κ3) is 4.80. The highest BCUT2D eigenvalue weighted by atomic mass is 32.2. The molecule has 0 radical (unpaired) electrons. The number of hydrogen-bond donors (Lipinski definition) is 1. The quantitative estimate of drug-likeness (QED) is 0.382. The lowest BCUT2D eigenvalue weighted by Crippen LogP contribution is -2.26. The molecule has 7 nitrogen and oxygen atoms in total. The highest BCUT2D eigenvalue weighted by Crippen LogP contribution is 2.31. The first kappa shape index (κ1) is 23.5. The fourth-order valence-electron chi connectivity index (χ4n) is 3.35. The van der Waals surface area contributed by atoms with E-state index in [4.69, 9.17) is 4.74 Å². The average molecular weight is 494 g/mol. The van der Waals surface area contributed by atoms with E-state index in [1.807, 2.05) is 37.3 Å². The largest absolute Gasteiger partial charge is 0.497 e. The number of ether oxygens (including phenoxy) is 1. The molecule has 0 saturated carbocycles. The molecule has 4 rings (SSSR count). The van der Waals surface area contributed by atoms with Crippen LogP contribution in [0.4, 0.5) is 10.8 Å². The van der Waals surface area contributed by atoms with Crippen LogP contribution in [0, 0.1) is 6.92 Å². The zero-order chi connectivity index (χ0) is 24.3. The average Bonchev–Trinajstić information content (AvgIpc) is 3.23. The van der Waals surface area contributed by atoms with Crippen LogP contribution in [0.15, 0.2) is 83.8 Å². The highest BCUT2D eigenvalue weighted by Gasteiger charge is 2.22. The van der Waals surface area contributed by atoms with E-state index in [2.05, 4.69) is 10.3 Å². The first-order valence-corrected chi connectivity index (χ1v) is 12.6. The van der Waals surface area contributed by atoms with Crippen molar-refractivity contribution in [1.82, 2.24) is 4.98 Å². The van der Waals surface area contributed by atoms with E-state index >= 15 is 0 Å². The normalized spacial score (nSPS) is 11.1. The van der Waals surface area contributed by atoms with E-state index in [9.17, 15) is 13.2 Å². The van der Waals surface area contributed by atoms with Crippen molar-refractivity contribution in [3.05, 3.63) is 89.3 Å². The minimum atomic E-state index is -3.75. The number of benzene rings is 3. The van der Waals surface area contributed by atoms with Crippen molar-refractivity contribution < 1.29 is 17.9 Å². The number of carbonyl (C=O) groups excluding carboxylic acids is 1. The number of nitrogens with one attached hydrogen (secondary N) is 1. The van der Waals surface area contributed by atoms with Crippen LogP contribution in [0.3, 0.4) is 0 Å². The molecular weight excluding hydrogens is 470 g/mol. The Hall–Kier alpha value is -3.69. The fourth-order valence-corrected chi connectivity index (χ4v) is 5.38. The van der Waals surface area contributed by atoms with Gasteiger partial charge in [-0.1, -0.05) is 18.2 Å². The van der Waals surface area contributed by atoms with Gasteiger partial charge in [-0.2, -0.15) is 0 Å². The lowest BCUT2D eigenvalue weighted by atomic mass is 10.1. The van der Waals surface area contributed by atoms with E-state index < -0.39 is 10.0 Å². The zero-order valence-corrected chi connectivity index (χ0v) is 20.5. The molecule has 4 aromatic rings. The third-order valence-electron chi connectivity index (χ3n) is 5.28. The van der Waals surface area contributed by atoms with Crippen LogP contribution in [-0.2, 0) is 10.0 Å². The molecule has 174 valence electrons. The number of rotatable bonds is 7. The van der Waals surface area contributed by atoms with Crippen molar-refractivity contribution in [1.29, 1.82) is 0 Å². The Labute approximate surface area is 202 Å². The van der Waals surface area contributed by atoms with Crippen LogP contribution in [0.5, 0.6) is 5.75 Å². The maximum Gasteiger partial charge on any atom is 0.264 e. The van der Waals surface area contributed by atoms with E-state index in [0.717, 1.165) is 21.9 Å². The van der Waals surface area contributed by atoms with Gasteiger partial charge in [0.2, 0.25) is 0 Å². The van der Waals surface area contributed by atoms with E-state index in [0.29, 0.717) is 16.4 Å². The summed E-state index contributed by atoms with van der Waals surface area (Å²) in [4.78, 5) is 18.4. The number of amides is 1. The van der Waals surface area contributed by atoms with Gasteiger partial charge in [0.15, 0.2) is 5.13 Å². The fraction of sp³-hybridized carbons (Fsp3) is 0.120. The molecule has 1 aromatic heterocycles. The van der Waals surface area contributed by atoms with E-state index in [1.165, 1.54) is 47.0 Å². The lowest BCUT2D eigenvalue weighted by molar-refractivity contribution is 0.102. The predicted octanol–water partition coefficient (Wildman–Crippen LogP) is 5.20. The van der Waals surface area contributed by atoms with Crippen molar-refractivity contribution in [2.24, 2.45) is 0 Å². The maximum atomic E-state index is 12.9. The Balaban J connectivity index is 1.49. The second-order valence-corrected chi connectivity index (χ2v) is 10.6. The molecule has 0 aliphatic rings. The Kier molecular flexibility index (Phi) is 6.67. The highest BCUT2D eigenvalue weighted by molar-refractivity contribution is 7.92. The number of aromatic nitrogens is 1. The Morgan fingerprint density at radius 3 is 2.24 bits per heavy atom. The van der Waals surface area contributed by atoms with Crippen molar-refractivity contribution in [2.45, 2.75) is 11.8 Å². The number of aryl methyl sites for hydroxylation is 1. The summed E-state index contributed by atoms with van der Waals surface area (Å²) in [5.41, 5.74) is 2.59. The van der Waals surface area contributed by atoms with Gasteiger partial charge in [-0.3, -0.25) is 14.4 Å². The number of nitrogens with zero attached hydrogens (tertiary/aromatic N) is 2. The number of thiazole rings is 1. The molecule has 0 aliphatic heterocycles. The maximum absolute atomic E-state index is 12.9. The molecule has 1 amide bonds. The molecule has 0 fully saturated rings. The minimum absolute atomic E-state index is 0.0993. The summed E-state index contributed by atoms with van der Waals surface area (Å²) in [7, 11) is -0.641. The molecule has 0 unspecified atom stereocenters. The van der Waals surface area contributed by atoms with Crippen LogP contribution in [0.1, 0.15) is 15.2 Å². The second kappa shape index (κ2) is 9.66. The summed E-state index contributed by atoms with van der Waals surface area (Å²) < 4.78 is 32.3. The van der Waals surface area contributed by atoms with Crippen molar-refractivity contribution in [2.75, 3.05) is 23.8 Å². The van der Waals surface area contributed by atoms with Crippen LogP contribution in [0.25, 0.3) is 11.3 Å². The van der Waals surface area contributed by atoms with Crippen LogP contribution in [-0.4, -0.2) is 33.5 Å². The molecule has 0 aliphatic carbocycles. The van der Waals surface area contributed by atoms with E-state index in [1.54, 1.807) is 31.4 Å². The predicted molar refractivity (Wildman–Crippen MR) is 135 cm³/mol. The molecular formula is C25H23N3O4S2. The molecule has 1 N–H and O–H groups in total. The summed E-state index contributed by atoms with van der Waals surface area (Å²) >= 11 is 1.37.